The average Bonchev–Trinajstić information content (AvgIpc) is 3.33. The van der Waals surface area contributed by atoms with E-state index in [0.717, 1.165) is 38.8 Å². The first-order valence-electron chi connectivity index (χ1n) is 11.6. The maximum atomic E-state index is 13.4. The summed E-state index contributed by atoms with van der Waals surface area (Å²) in [6, 6.07) is 8.89. The van der Waals surface area contributed by atoms with Crippen molar-refractivity contribution in [3.8, 4) is 0 Å². The third-order valence-corrected chi connectivity index (χ3v) is 7.99. The lowest BCUT2D eigenvalue weighted by atomic mass is 9.73. The van der Waals surface area contributed by atoms with E-state index in [9.17, 15) is 4.79 Å². The molecule has 3 aliphatic heterocycles. The summed E-state index contributed by atoms with van der Waals surface area (Å²) in [6.07, 6.45) is 9.31. The number of rotatable bonds is 7. The van der Waals surface area contributed by atoms with Crippen molar-refractivity contribution >= 4 is 17.7 Å². The Morgan fingerprint density at radius 2 is 1.59 bits per heavy atom. The highest BCUT2D eigenvalue weighted by atomic mass is 32.2. The van der Waals surface area contributed by atoms with E-state index in [1.54, 1.807) is 0 Å². The van der Waals surface area contributed by atoms with Crippen LogP contribution in [0, 0.1) is 0 Å². The van der Waals surface area contributed by atoms with Crippen LogP contribution in [0.4, 0.5) is 0 Å². The van der Waals surface area contributed by atoms with Crippen LogP contribution in [0.3, 0.4) is 0 Å². The molecular weight excluding hydrogens is 380 g/mol. The minimum Gasteiger partial charge on any atom is -0.381 e. The molecule has 4 nitrogen and oxygen atoms in total. The molecule has 3 aliphatic rings. The van der Waals surface area contributed by atoms with E-state index in [1.807, 2.05) is 11.8 Å². The summed E-state index contributed by atoms with van der Waals surface area (Å²) in [5, 5.41) is 0. The fourth-order valence-electron chi connectivity index (χ4n) is 5.10. The van der Waals surface area contributed by atoms with Crippen molar-refractivity contribution in [3.63, 3.8) is 0 Å². The molecule has 0 spiro atoms. The number of hydrogen-bond donors (Lipinski definition) is 0. The van der Waals surface area contributed by atoms with E-state index in [2.05, 4.69) is 34.1 Å². The van der Waals surface area contributed by atoms with Crippen molar-refractivity contribution in [1.29, 1.82) is 0 Å². The monoisotopic (exact) mass is 416 g/mol. The Hall–Kier alpha value is -1.04. The van der Waals surface area contributed by atoms with Crippen molar-refractivity contribution in [3.05, 3.63) is 29.8 Å². The van der Waals surface area contributed by atoms with Gasteiger partial charge < -0.3 is 14.5 Å². The Labute approximate surface area is 180 Å². The Balaban J connectivity index is 1.35. The molecule has 0 unspecified atom stereocenters. The van der Waals surface area contributed by atoms with Gasteiger partial charge in [-0.25, -0.2) is 0 Å². The molecule has 3 saturated heterocycles. The maximum absolute atomic E-state index is 13.4. The summed E-state index contributed by atoms with van der Waals surface area (Å²) >= 11 is 1.95. The molecule has 0 radical (unpaired) electrons. The number of nitrogens with zero attached hydrogens (tertiary/aromatic N) is 2. The molecule has 29 heavy (non-hydrogen) atoms. The molecule has 0 saturated carbocycles. The van der Waals surface area contributed by atoms with Gasteiger partial charge in [0.2, 0.25) is 5.91 Å². The lowest BCUT2D eigenvalue weighted by Gasteiger charge is -2.39. The van der Waals surface area contributed by atoms with Gasteiger partial charge in [-0.1, -0.05) is 18.6 Å². The number of likely N-dealkylation sites (tertiary alicyclic amines) is 2. The second kappa shape index (κ2) is 10.3. The second-order valence-electron chi connectivity index (χ2n) is 8.82. The quantitative estimate of drug-likeness (QED) is 0.489. The number of thioether (sulfide) groups is 1. The average molecular weight is 417 g/mol. The Bertz CT molecular complexity index is 645. The van der Waals surface area contributed by atoms with Crippen LogP contribution >= 0.6 is 11.8 Å². The summed E-state index contributed by atoms with van der Waals surface area (Å²) in [6.45, 7) is 7.03. The Morgan fingerprint density at radius 3 is 2.28 bits per heavy atom. The first-order chi connectivity index (χ1) is 14.3. The van der Waals surface area contributed by atoms with Crippen LogP contribution in [-0.4, -0.2) is 67.4 Å². The molecule has 1 amide bonds. The zero-order valence-electron chi connectivity index (χ0n) is 17.7. The van der Waals surface area contributed by atoms with Gasteiger partial charge in [-0.15, -0.1) is 11.8 Å². The fourth-order valence-corrected chi connectivity index (χ4v) is 5.94. The molecular formula is C24H36N2O2S. The van der Waals surface area contributed by atoms with E-state index in [0.29, 0.717) is 19.1 Å². The highest BCUT2D eigenvalue weighted by Gasteiger charge is 2.44. The number of amides is 1. The van der Waals surface area contributed by atoms with Gasteiger partial charge in [0, 0.05) is 31.2 Å². The van der Waals surface area contributed by atoms with Crippen LogP contribution in [0.25, 0.3) is 0 Å². The number of piperidine rings is 1. The third kappa shape index (κ3) is 5.18. The zero-order chi connectivity index (χ0) is 19.9. The fraction of sp³-hybridized carbons (Fsp3) is 0.708. The number of carbonyl (C=O) groups is 1. The standard InChI is InChI=1S/C24H36N2O2S/c27-23(26-16-4-5-17-26)24(11-18-28-19-12-24)21-7-9-22(10-8-21)29-20-6-15-25-13-2-1-3-14-25/h7-10H,1-6,11-20H2. The summed E-state index contributed by atoms with van der Waals surface area (Å²) in [4.78, 5) is 19.5. The van der Waals surface area contributed by atoms with Crippen LogP contribution in [-0.2, 0) is 14.9 Å². The SMILES string of the molecule is O=C(N1CCCC1)C1(c2ccc(SCCCN3CCCCC3)cc2)CCOCC1. The zero-order valence-corrected chi connectivity index (χ0v) is 18.6. The van der Waals surface area contributed by atoms with E-state index < -0.39 is 0 Å². The molecule has 160 valence electrons. The van der Waals surface area contributed by atoms with Crippen molar-refractivity contribution in [2.45, 2.75) is 61.7 Å². The highest BCUT2D eigenvalue weighted by molar-refractivity contribution is 7.99. The molecule has 0 bridgehead atoms. The van der Waals surface area contributed by atoms with Crippen LogP contribution in [0.1, 0.15) is 56.9 Å². The normalized spacial score (nSPS) is 22.7. The predicted molar refractivity (Wildman–Crippen MR) is 120 cm³/mol. The molecule has 0 N–H and O–H groups in total. The van der Waals surface area contributed by atoms with Gasteiger partial charge in [-0.05, 0) is 88.0 Å². The molecule has 1 aromatic rings. The summed E-state index contributed by atoms with van der Waals surface area (Å²) in [7, 11) is 0. The van der Waals surface area contributed by atoms with Gasteiger partial charge in [0.1, 0.15) is 0 Å². The van der Waals surface area contributed by atoms with E-state index in [1.165, 1.54) is 61.5 Å². The van der Waals surface area contributed by atoms with Crippen LogP contribution < -0.4 is 0 Å². The van der Waals surface area contributed by atoms with Gasteiger partial charge >= 0.3 is 0 Å². The van der Waals surface area contributed by atoms with Crippen molar-refractivity contribution in [1.82, 2.24) is 9.80 Å². The number of hydrogen-bond acceptors (Lipinski definition) is 4. The summed E-state index contributed by atoms with van der Waals surface area (Å²) in [5.41, 5.74) is 0.815. The van der Waals surface area contributed by atoms with Gasteiger partial charge in [-0.2, -0.15) is 0 Å². The predicted octanol–water partition coefficient (Wildman–Crippen LogP) is 4.33. The summed E-state index contributed by atoms with van der Waals surface area (Å²) in [5.74, 6) is 1.50. The van der Waals surface area contributed by atoms with Crippen LogP contribution in [0.5, 0.6) is 0 Å². The van der Waals surface area contributed by atoms with Crippen molar-refractivity contribution in [2.75, 3.05) is 51.7 Å². The number of ether oxygens (including phenoxy) is 1. The molecule has 5 heteroatoms. The minimum atomic E-state index is -0.375. The smallest absolute Gasteiger partial charge is 0.233 e. The lowest BCUT2D eigenvalue weighted by molar-refractivity contribution is -0.140. The molecule has 4 rings (SSSR count). The molecule has 0 aromatic heterocycles. The van der Waals surface area contributed by atoms with Crippen molar-refractivity contribution < 1.29 is 9.53 Å². The minimum absolute atomic E-state index is 0.334. The third-order valence-electron chi connectivity index (χ3n) is 6.89. The van der Waals surface area contributed by atoms with Gasteiger partial charge in [0.15, 0.2) is 0 Å². The summed E-state index contributed by atoms with van der Waals surface area (Å²) < 4.78 is 5.62. The lowest BCUT2D eigenvalue weighted by Crippen LogP contribution is -2.49. The van der Waals surface area contributed by atoms with Crippen LogP contribution in [0.15, 0.2) is 29.2 Å². The maximum Gasteiger partial charge on any atom is 0.233 e. The number of benzene rings is 1. The second-order valence-corrected chi connectivity index (χ2v) is 9.99. The molecule has 0 atom stereocenters. The molecule has 1 aromatic carbocycles. The number of carbonyl (C=O) groups excluding carboxylic acids is 1. The Kier molecular flexibility index (Phi) is 7.54. The first kappa shape index (κ1) is 21.2. The molecule has 0 aliphatic carbocycles. The molecule has 3 fully saturated rings. The highest BCUT2D eigenvalue weighted by Crippen LogP contribution is 2.38. The van der Waals surface area contributed by atoms with Crippen LogP contribution in [0.2, 0.25) is 0 Å². The Morgan fingerprint density at radius 1 is 0.931 bits per heavy atom. The largest absolute Gasteiger partial charge is 0.381 e. The van der Waals surface area contributed by atoms with E-state index in [-0.39, 0.29) is 5.41 Å². The van der Waals surface area contributed by atoms with E-state index in [4.69, 9.17) is 4.74 Å². The first-order valence-corrected chi connectivity index (χ1v) is 12.6. The van der Waals surface area contributed by atoms with E-state index >= 15 is 0 Å². The van der Waals surface area contributed by atoms with Gasteiger partial charge in [0.05, 0.1) is 5.41 Å². The van der Waals surface area contributed by atoms with Crippen molar-refractivity contribution in [2.24, 2.45) is 0 Å². The topological polar surface area (TPSA) is 32.8 Å². The van der Waals surface area contributed by atoms with Gasteiger partial charge in [0.25, 0.3) is 0 Å². The van der Waals surface area contributed by atoms with Gasteiger partial charge in [-0.3, -0.25) is 4.79 Å². The molecule has 3 heterocycles.